The smallest absolute Gasteiger partial charge is 0.263 e. The first kappa shape index (κ1) is 20.4. The number of aromatic nitrogens is 2. The fourth-order valence-electron chi connectivity index (χ4n) is 3.38. The van der Waals surface area contributed by atoms with E-state index in [1.807, 2.05) is 36.4 Å². The summed E-state index contributed by atoms with van der Waals surface area (Å²) in [5.41, 5.74) is 1.26. The SMILES string of the molecule is O=C(Nc1ccc(S(=O)(=O)Nc2nccs2)cc1)C1(c2cc(-c3ccccc3)on2)CC1. The third-order valence-corrected chi connectivity index (χ3v) is 7.49. The Morgan fingerprint density at radius 2 is 1.81 bits per heavy atom. The Bertz CT molecular complexity index is 1340. The summed E-state index contributed by atoms with van der Waals surface area (Å²) in [6.45, 7) is 0. The van der Waals surface area contributed by atoms with Crippen molar-refractivity contribution < 1.29 is 17.7 Å². The molecular weight excluding hydrogens is 448 g/mol. The third-order valence-electron chi connectivity index (χ3n) is 5.32. The van der Waals surface area contributed by atoms with Crippen molar-refractivity contribution in [2.45, 2.75) is 23.2 Å². The van der Waals surface area contributed by atoms with Crippen LogP contribution in [0.3, 0.4) is 0 Å². The maximum atomic E-state index is 13.0. The fourth-order valence-corrected chi connectivity index (χ4v) is 5.17. The van der Waals surface area contributed by atoms with Gasteiger partial charge in [-0.15, -0.1) is 11.3 Å². The first-order valence-corrected chi connectivity index (χ1v) is 12.2. The molecule has 8 nitrogen and oxygen atoms in total. The molecule has 2 aromatic heterocycles. The van der Waals surface area contributed by atoms with Gasteiger partial charge in [-0.2, -0.15) is 0 Å². The van der Waals surface area contributed by atoms with Crippen molar-refractivity contribution in [3.63, 3.8) is 0 Å². The molecule has 1 aliphatic carbocycles. The van der Waals surface area contributed by atoms with E-state index < -0.39 is 15.4 Å². The monoisotopic (exact) mass is 466 g/mol. The first-order chi connectivity index (χ1) is 15.5. The molecule has 1 saturated carbocycles. The van der Waals surface area contributed by atoms with Gasteiger partial charge in [-0.25, -0.2) is 13.4 Å². The van der Waals surface area contributed by atoms with Crippen molar-refractivity contribution >= 4 is 38.1 Å². The van der Waals surface area contributed by atoms with Crippen LogP contribution in [-0.2, 0) is 20.2 Å². The van der Waals surface area contributed by atoms with Gasteiger partial charge in [0.2, 0.25) is 5.91 Å². The zero-order valence-electron chi connectivity index (χ0n) is 16.7. The average Bonchev–Trinajstić information content (AvgIpc) is 3.19. The summed E-state index contributed by atoms with van der Waals surface area (Å²) >= 11 is 1.19. The molecule has 1 amide bonds. The van der Waals surface area contributed by atoms with Gasteiger partial charge in [0.15, 0.2) is 10.9 Å². The molecule has 0 unspecified atom stereocenters. The van der Waals surface area contributed by atoms with Crippen LogP contribution in [0.25, 0.3) is 11.3 Å². The van der Waals surface area contributed by atoms with Gasteiger partial charge >= 0.3 is 0 Å². The van der Waals surface area contributed by atoms with Crippen molar-refractivity contribution in [2.75, 3.05) is 10.0 Å². The van der Waals surface area contributed by atoms with Gasteiger partial charge in [-0.05, 0) is 37.1 Å². The number of anilines is 2. The van der Waals surface area contributed by atoms with Crippen LogP contribution < -0.4 is 10.0 Å². The van der Waals surface area contributed by atoms with Crippen LogP contribution in [-0.4, -0.2) is 24.5 Å². The van der Waals surface area contributed by atoms with Crippen molar-refractivity contribution in [3.05, 3.63) is 77.9 Å². The number of nitrogens with zero attached hydrogens (tertiary/aromatic N) is 2. The van der Waals surface area contributed by atoms with Crippen molar-refractivity contribution in [3.8, 4) is 11.3 Å². The lowest BCUT2D eigenvalue weighted by Crippen LogP contribution is -2.28. The second kappa shape index (κ2) is 7.88. The minimum Gasteiger partial charge on any atom is -0.356 e. The lowest BCUT2D eigenvalue weighted by atomic mass is 10.00. The summed E-state index contributed by atoms with van der Waals surface area (Å²) < 4.78 is 32.8. The van der Waals surface area contributed by atoms with Gasteiger partial charge < -0.3 is 9.84 Å². The summed E-state index contributed by atoms with van der Waals surface area (Å²) in [6.07, 6.45) is 2.86. The second-order valence-electron chi connectivity index (χ2n) is 7.45. The molecule has 0 saturated heterocycles. The minimum atomic E-state index is -3.75. The van der Waals surface area contributed by atoms with E-state index in [2.05, 4.69) is 20.2 Å². The molecule has 0 atom stereocenters. The lowest BCUT2D eigenvalue weighted by Gasteiger charge is -2.13. The predicted octanol–water partition coefficient (Wildman–Crippen LogP) is 4.27. The Kier molecular flexibility index (Phi) is 5.03. The third kappa shape index (κ3) is 3.90. The molecule has 2 N–H and O–H groups in total. The Morgan fingerprint density at radius 1 is 1.06 bits per heavy atom. The Morgan fingerprint density at radius 3 is 2.47 bits per heavy atom. The molecule has 1 aliphatic rings. The molecular formula is C22H18N4O4S2. The van der Waals surface area contributed by atoms with Gasteiger partial charge in [0.25, 0.3) is 10.0 Å². The summed E-state index contributed by atoms with van der Waals surface area (Å²) in [7, 11) is -3.75. The molecule has 5 rings (SSSR count). The van der Waals surface area contributed by atoms with E-state index in [9.17, 15) is 13.2 Å². The first-order valence-electron chi connectivity index (χ1n) is 9.83. The van der Waals surface area contributed by atoms with Crippen LogP contribution in [0.15, 0.2) is 81.7 Å². The molecule has 0 aliphatic heterocycles. The molecule has 2 heterocycles. The van der Waals surface area contributed by atoms with Gasteiger partial charge in [-0.1, -0.05) is 35.5 Å². The van der Waals surface area contributed by atoms with Gasteiger partial charge in [0.1, 0.15) is 0 Å². The highest BCUT2D eigenvalue weighted by Gasteiger charge is 2.53. The number of amides is 1. The molecule has 4 aromatic rings. The number of hydrogen-bond acceptors (Lipinski definition) is 7. The summed E-state index contributed by atoms with van der Waals surface area (Å²) in [4.78, 5) is 17.0. The molecule has 0 radical (unpaired) electrons. The maximum absolute atomic E-state index is 13.0. The van der Waals surface area contributed by atoms with Crippen molar-refractivity contribution in [1.82, 2.24) is 10.1 Å². The normalized spacial score (nSPS) is 14.6. The summed E-state index contributed by atoms with van der Waals surface area (Å²) in [5, 5.41) is 8.99. The van der Waals surface area contributed by atoms with Crippen LogP contribution in [0, 0.1) is 0 Å². The number of thiazole rings is 1. The predicted molar refractivity (Wildman–Crippen MR) is 121 cm³/mol. The molecule has 10 heteroatoms. The van der Waals surface area contributed by atoms with Crippen LogP contribution in [0.1, 0.15) is 18.5 Å². The number of hydrogen-bond donors (Lipinski definition) is 2. The van der Waals surface area contributed by atoms with E-state index in [0.29, 0.717) is 35.1 Å². The van der Waals surface area contributed by atoms with E-state index >= 15 is 0 Å². The molecule has 0 bridgehead atoms. The van der Waals surface area contributed by atoms with Gasteiger partial charge in [0, 0.05) is 28.9 Å². The maximum Gasteiger partial charge on any atom is 0.263 e. The van der Waals surface area contributed by atoms with Crippen molar-refractivity contribution in [1.29, 1.82) is 0 Å². The van der Waals surface area contributed by atoms with Crippen molar-refractivity contribution in [2.24, 2.45) is 0 Å². The van der Waals surface area contributed by atoms with E-state index in [0.717, 1.165) is 5.56 Å². The van der Waals surface area contributed by atoms with Crippen LogP contribution in [0.5, 0.6) is 0 Å². The molecule has 32 heavy (non-hydrogen) atoms. The summed E-state index contributed by atoms with van der Waals surface area (Å²) in [6, 6.07) is 17.4. The number of benzene rings is 2. The van der Waals surface area contributed by atoms with E-state index in [1.54, 1.807) is 17.5 Å². The number of carbonyl (C=O) groups is 1. The molecule has 162 valence electrons. The Labute approximate surface area is 188 Å². The number of carbonyl (C=O) groups excluding carboxylic acids is 1. The highest BCUT2D eigenvalue weighted by atomic mass is 32.2. The number of rotatable bonds is 7. The number of sulfonamides is 1. The fraction of sp³-hybridized carbons (Fsp3) is 0.136. The largest absolute Gasteiger partial charge is 0.356 e. The van der Waals surface area contributed by atoms with Gasteiger partial charge in [0.05, 0.1) is 16.0 Å². The Balaban J connectivity index is 1.29. The Hall–Kier alpha value is -3.50. The zero-order valence-corrected chi connectivity index (χ0v) is 18.3. The topological polar surface area (TPSA) is 114 Å². The van der Waals surface area contributed by atoms with Crippen LogP contribution in [0.4, 0.5) is 10.8 Å². The molecule has 1 fully saturated rings. The van der Waals surface area contributed by atoms with E-state index in [4.69, 9.17) is 4.52 Å². The van der Waals surface area contributed by atoms with E-state index in [1.165, 1.54) is 29.7 Å². The quantitative estimate of drug-likeness (QED) is 0.420. The lowest BCUT2D eigenvalue weighted by molar-refractivity contribution is -0.118. The number of nitrogens with one attached hydrogen (secondary N) is 2. The molecule has 2 aromatic carbocycles. The second-order valence-corrected chi connectivity index (χ2v) is 10.0. The highest BCUT2D eigenvalue weighted by Crippen LogP contribution is 2.49. The van der Waals surface area contributed by atoms with Gasteiger partial charge in [-0.3, -0.25) is 9.52 Å². The minimum absolute atomic E-state index is 0.0795. The van der Waals surface area contributed by atoms with Crippen LogP contribution >= 0.6 is 11.3 Å². The standard InChI is InChI=1S/C22H18N4O4S2/c27-20(22(10-11-22)19-14-18(30-25-19)15-4-2-1-3-5-15)24-16-6-8-17(9-7-16)32(28,29)26-21-23-12-13-31-21/h1-9,12-14H,10-11H2,(H,23,26)(H,24,27). The highest BCUT2D eigenvalue weighted by molar-refractivity contribution is 7.93. The average molecular weight is 467 g/mol. The molecule has 0 spiro atoms. The summed E-state index contributed by atoms with van der Waals surface area (Å²) in [5.74, 6) is 0.420. The van der Waals surface area contributed by atoms with Crippen LogP contribution in [0.2, 0.25) is 0 Å². The zero-order chi connectivity index (χ0) is 22.2. The van der Waals surface area contributed by atoms with E-state index in [-0.39, 0.29) is 10.8 Å².